The van der Waals surface area contributed by atoms with Crippen molar-refractivity contribution in [3.63, 3.8) is 0 Å². The highest BCUT2D eigenvalue weighted by Gasteiger charge is 2.04. The fourth-order valence-corrected chi connectivity index (χ4v) is 1.45. The van der Waals surface area contributed by atoms with Gasteiger partial charge in [-0.15, -0.1) is 0 Å². The number of aliphatic hydroxyl groups is 1. The Kier molecular flexibility index (Phi) is 6.85. The minimum Gasteiger partial charge on any atom is -0.491 e. The van der Waals surface area contributed by atoms with E-state index in [4.69, 9.17) is 10.00 Å². The van der Waals surface area contributed by atoms with Crippen molar-refractivity contribution >= 4 is 0 Å². The van der Waals surface area contributed by atoms with Crippen LogP contribution in [0.2, 0.25) is 0 Å². The van der Waals surface area contributed by atoms with Crippen molar-refractivity contribution in [1.29, 1.82) is 5.26 Å². The summed E-state index contributed by atoms with van der Waals surface area (Å²) in [7, 11) is 0. The molecule has 0 radical (unpaired) electrons. The molecule has 0 spiro atoms. The van der Waals surface area contributed by atoms with Crippen molar-refractivity contribution in [1.82, 2.24) is 5.32 Å². The summed E-state index contributed by atoms with van der Waals surface area (Å²) < 4.78 is 5.42. The third-order valence-corrected chi connectivity index (χ3v) is 2.51. The first-order valence-electron chi connectivity index (χ1n) is 6.28. The first-order chi connectivity index (χ1) is 8.76. The summed E-state index contributed by atoms with van der Waals surface area (Å²) in [5.74, 6) is 0.668. The molecule has 0 fully saturated rings. The second kappa shape index (κ2) is 8.51. The number of nitrogens with one attached hydrogen (secondary N) is 1. The molecule has 0 aliphatic rings. The molecule has 4 heteroatoms. The lowest BCUT2D eigenvalue weighted by atomic mass is 10.2. The van der Waals surface area contributed by atoms with Crippen LogP contribution in [-0.2, 0) is 0 Å². The molecule has 0 heterocycles. The number of aliphatic hydroxyl groups excluding tert-OH is 1. The van der Waals surface area contributed by atoms with Gasteiger partial charge in [0.05, 0.1) is 11.6 Å². The zero-order valence-corrected chi connectivity index (χ0v) is 10.7. The molecule has 18 heavy (non-hydrogen) atoms. The van der Waals surface area contributed by atoms with E-state index in [0.29, 0.717) is 17.9 Å². The van der Waals surface area contributed by atoms with Crippen LogP contribution in [0.5, 0.6) is 5.75 Å². The predicted molar refractivity (Wildman–Crippen MR) is 70.4 cm³/mol. The maximum absolute atomic E-state index is 9.67. The van der Waals surface area contributed by atoms with Gasteiger partial charge in [0.15, 0.2) is 0 Å². The normalized spacial score (nSPS) is 11.8. The van der Waals surface area contributed by atoms with Gasteiger partial charge in [0, 0.05) is 6.54 Å². The summed E-state index contributed by atoms with van der Waals surface area (Å²) in [6.07, 6.45) is 1.74. The molecule has 1 atom stereocenters. The van der Waals surface area contributed by atoms with Gasteiger partial charge in [-0.1, -0.05) is 13.3 Å². The van der Waals surface area contributed by atoms with Gasteiger partial charge in [-0.05, 0) is 37.2 Å². The smallest absolute Gasteiger partial charge is 0.119 e. The highest BCUT2D eigenvalue weighted by Crippen LogP contribution is 2.11. The Hall–Kier alpha value is -1.57. The molecule has 1 rings (SSSR count). The monoisotopic (exact) mass is 248 g/mol. The number of hydrogen-bond acceptors (Lipinski definition) is 4. The average molecular weight is 248 g/mol. The van der Waals surface area contributed by atoms with Crippen LogP contribution in [0, 0.1) is 11.3 Å². The van der Waals surface area contributed by atoms with Crippen LogP contribution in [0.3, 0.4) is 0 Å². The van der Waals surface area contributed by atoms with E-state index in [9.17, 15) is 5.11 Å². The summed E-state index contributed by atoms with van der Waals surface area (Å²) in [4.78, 5) is 0. The minimum absolute atomic E-state index is 0.255. The molecule has 1 aromatic carbocycles. The van der Waals surface area contributed by atoms with Crippen LogP contribution >= 0.6 is 0 Å². The largest absolute Gasteiger partial charge is 0.491 e. The van der Waals surface area contributed by atoms with Crippen molar-refractivity contribution in [3.8, 4) is 11.8 Å². The lowest BCUT2D eigenvalue weighted by Gasteiger charge is -2.13. The van der Waals surface area contributed by atoms with Crippen molar-refractivity contribution in [2.75, 3.05) is 19.7 Å². The number of ether oxygens (including phenoxy) is 1. The van der Waals surface area contributed by atoms with Crippen molar-refractivity contribution in [2.45, 2.75) is 25.9 Å². The van der Waals surface area contributed by atoms with Crippen LogP contribution in [0.1, 0.15) is 25.3 Å². The van der Waals surface area contributed by atoms with E-state index in [1.165, 1.54) is 0 Å². The lowest BCUT2D eigenvalue weighted by molar-refractivity contribution is 0.106. The third-order valence-electron chi connectivity index (χ3n) is 2.51. The summed E-state index contributed by atoms with van der Waals surface area (Å²) in [6.45, 7) is 3.85. The van der Waals surface area contributed by atoms with Gasteiger partial charge >= 0.3 is 0 Å². The number of rotatable bonds is 8. The summed E-state index contributed by atoms with van der Waals surface area (Å²) in [6, 6.07) is 8.90. The van der Waals surface area contributed by atoms with Crippen LogP contribution in [0.15, 0.2) is 24.3 Å². The molecule has 0 unspecified atom stereocenters. The van der Waals surface area contributed by atoms with Crippen molar-refractivity contribution in [3.05, 3.63) is 29.8 Å². The van der Waals surface area contributed by atoms with Crippen LogP contribution in [0.25, 0.3) is 0 Å². The molecule has 0 saturated heterocycles. The Morgan fingerprint density at radius 1 is 1.39 bits per heavy atom. The Morgan fingerprint density at radius 3 is 2.72 bits per heavy atom. The van der Waals surface area contributed by atoms with Gasteiger partial charge in [-0.3, -0.25) is 0 Å². The Balaban J connectivity index is 2.21. The fourth-order valence-electron chi connectivity index (χ4n) is 1.45. The lowest BCUT2D eigenvalue weighted by Crippen LogP contribution is -2.31. The van der Waals surface area contributed by atoms with Crippen molar-refractivity contribution in [2.24, 2.45) is 0 Å². The number of nitriles is 1. The standard InChI is InChI=1S/C14H20N2O2/c1-2-3-8-16-10-13(17)11-18-14-6-4-12(9-15)5-7-14/h4-7,13,16-17H,2-3,8,10-11H2,1H3/t13-/m0/s1. The number of benzene rings is 1. The van der Waals surface area contributed by atoms with E-state index in [2.05, 4.69) is 12.2 Å². The molecule has 4 nitrogen and oxygen atoms in total. The maximum Gasteiger partial charge on any atom is 0.119 e. The Bertz CT molecular complexity index is 370. The molecule has 0 saturated carbocycles. The van der Waals surface area contributed by atoms with Crippen LogP contribution in [0.4, 0.5) is 0 Å². The zero-order valence-electron chi connectivity index (χ0n) is 10.7. The molecule has 0 aliphatic carbocycles. The summed E-state index contributed by atoms with van der Waals surface area (Å²) in [5, 5.41) is 21.5. The van der Waals surface area contributed by atoms with Crippen LogP contribution in [-0.4, -0.2) is 30.9 Å². The van der Waals surface area contributed by atoms with Gasteiger partial charge in [-0.2, -0.15) is 5.26 Å². The first-order valence-corrected chi connectivity index (χ1v) is 6.28. The van der Waals surface area contributed by atoms with E-state index in [1.54, 1.807) is 24.3 Å². The molecule has 0 amide bonds. The number of unbranched alkanes of at least 4 members (excludes halogenated alkanes) is 1. The van der Waals surface area contributed by atoms with E-state index in [0.717, 1.165) is 19.4 Å². The van der Waals surface area contributed by atoms with Gasteiger partial charge in [0.25, 0.3) is 0 Å². The van der Waals surface area contributed by atoms with Crippen molar-refractivity contribution < 1.29 is 9.84 Å². The molecule has 0 bridgehead atoms. The highest BCUT2D eigenvalue weighted by atomic mass is 16.5. The molecular weight excluding hydrogens is 228 g/mol. The molecule has 0 aromatic heterocycles. The number of nitrogens with zero attached hydrogens (tertiary/aromatic N) is 1. The van der Waals surface area contributed by atoms with E-state index >= 15 is 0 Å². The van der Waals surface area contributed by atoms with Crippen LogP contribution < -0.4 is 10.1 Å². The van der Waals surface area contributed by atoms with Gasteiger partial charge < -0.3 is 15.2 Å². The number of hydrogen-bond donors (Lipinski definition) is 2. The van der Waals surface area contributed by atoms with E-state index in [-0.39, 0.29) is 6.61 Å². The fraction of sp³-hybridized carbons (Fsp3) is 0.500. The van der Waals surface area contributed by atoms with Gasteiger partial charge in [0.2, 0.25) is 0 Å². The zero-order chi connectivity index (χ0) is 13.2. The van der Waals surface area contributed by atoms with Gasteiger partial charge in [0.1, 0.15) is 18.5 Å². The molecule has 98 valence electrons. The summed E-state index contributed by atoms with van der Waals surface area (Å²) in [5.41, 5.74) is 0.601. The minimum atomic E-state index is -0.516. The second-order valence-electron chi connectivity index (χ2n) is 4.16. The topological polar surface area (TPSA) is 65.3 Å². The molecule has 0 aliphatic heterocycles. The van der Waals surface area contributed by atoms with E-state index < -0.39 is 6.10 Å². The summed E-state index contributed by atoms with van der Waals surface area (Å²) >= 11 is 0. The van der Waals surface area contributed by atoms with E-state index in [1.807, 2.05) is 6.07 Å². The SMILES string of the molecule is CCCCNC[C@H](O)COc1ccc(C#N)cc1. The first kappa shape index (κ1) is 14.5. The third kappa shape index (κ3) is 5.67. The predicted octanol–water partition coefficient (Wildman–Crippen LogP) is 1.69. The Morgan fingerprint density at radius 2 is 2.11 bits per heavy atom. The Labute approximate surface area is 108 Å². The maximum atomic E-state index is 9.67. The molecule has 1 aromatic rings. The second-order valence-corrected chi connectivity index (χ2v) is 4.16. The highest BCUT2D eigenvalue weighted by molar-refractivity contribution is 5.34. The average Bonchev–Trinajstić information content (AvgIpc) is 2.42. The quantitative estimate of drug-likeness (QED) is 0.687. The molecular formula is C14H20N2O2. The van der Waals surface area contributed by atoms with Gasteiger partial charge in [-0.25, -0.2) is 0 Å². The molecule has 2 N–H and O–H groups in total.